The maximum atomic E-state index is 12.8. The third-order valence-electron chi connectivity index (χ3n) is 4.24. The number of hydrogen-bond donors (Lipinski definition) is 2. The Hall–Kier alpha value is -1.93. The lowest BCUT2D eigenvalue weighted by Gasteiger charge is -2.19. The van der Waals surface area contributed by atoms with E-state index in [-0.39, 0.29) is 24.7 Å². The Labute approximate surface area is 161 Å². The van der Waals surface area contributed by atoms with Crippen molar-refractivity contribution < 1.29 is 23.0 Å². The van der Waals surface area contributed by atoms with Crippen molar-refractivity contribution in [2.24, 2.45) is 0 Å². The molecule has 0 amide bonds. The summed E-state index contributed by atoms with van der Waals surface area (Å²) >= 11 is 0. The average Bonchev–Trinajstić information content (AvgIpc) is 2.68. The molecule has 0 aliphatic heterocycles. The van der Waals surface area contributed by atoms with Crippen molar-refractivity contribution in [3.8, 4) is 5.75 Å². The van der Waals surface area contributed by atoms with Crippen LogP contribution in [0.15, 0.2) is 47.4 Å². The Morgan fingerprint density at radius 1 is 1.15 bits per heavy atom. The number of sulfonamides is 1. The summed E-state index contributed by atoms with van der Waals surface area (Å²) in [6.45, 7) is 3.96. The predicted molar refractivity (Wildman–Crippen MR) is 105 cm³/mol. The van der Waals surface area contributed by atoms with Crippen LogP contribution in [-0.2, 0) is 21.2 Å². The van der Waals surface area contributed by atoms with Gasteiger partial charge in [0, 0.05) is 6.54 Å². The molecule has 148 valence electrons. The summed E-state index contributed by atoms with van der Waals surface area (Å²) in [5, 5.41) is 9.06. The van der Waals surface area contributed by atoms with Gasteiger partial charge in [-0.05, 0) is 36.6 Å². The number of aliphatic hydroxyl groups is 1. The molecule has 27 heavy (non-hydrogen) atoms. The topological polar surface area (TPSA) is 84.9 Å². The highest BCUT2D eigenvalue weighted by atomic mass is 32.2. The van der Waals surface area contributed by atoms with Crippen LogP contribution in [0.2, 0.25) is 0 Å². The fourth-order valence-electron chi connectivity index (χ4n) is 2.66. The van der Waals surface area contributed by atoms with Gasteiger partial charge in [-0.2, -0.15) is 0 Å². The molecule has 6 nitrogen and oxygen atoms in total. The van der Waals surface area contributed by atoms with Crippen molar-refractivity contribution in [1.82, 2.24) is 4.72 Å². The predicted octanol–water partition coefficient (Wildman–Crippen LogP) is 2.59. The summed E-state index contributed by atoms with van der Waals surface area (Å²) in [7, 11) is -2.35. The Bertz CT molecular complexity index is 834. The number of hydrogen-bond acceptors (Lipinski definition) is 5. The summed E-state index contributed by atoms with van der Waals surface area (Å²) in [5.74, 6) is 0.294. The lowest BCUT2D eigenvalue weighted by atomic mass is 10.1. The molecule has 0 fully saturated rings. The molecule has 2 N–H and O–H groups in total. The van der Waals surface area contributed by atoms with E-state index in [1.165, 1.54) is 7.11 Å². The van der Waals surface area contributed by atoms with Crippen LogP contribution in [0.3, 0.4) is 0 Å². The fraction of sp³-hybridized carbons (Fsp3) is 0.400. The highest BCUT2D eigenvalue weighted by molar-refractivity contribution is 7.89. The number of nitrogens with one attached hydrogen (secondary N) is 1. The maximum Gasteiger partial charge on any atom is 0.244 e. The number of rotatable bonds is 10. The zero-order chi connectivity index (χ0) is 19.9. The molecule has 1 atom stereocenters. The van der Waals surface area contributed by atoms with Gasteiger partial charge in [-0.3, -0.25) is 0 Å². The van der Waals surface area contributed by atoms with Crippen molar-refractivity contribution in [2.45, 2.75) is 31.3 Å². The van der Waals surface area contributed by atoms with Gasteiger partial charge in [-0.25, -0.2) is 13.1 Å². The van der Waals surface area contributed by atoms with Gasteiger partial charge in [-0.15, -0.1) is 0 Å². The van der Waals surface area contributed by atoms with Crippen LogP contribution >= 0.6 is 0 Å². The fourth-order valence-corrected chi connectivity index (χ4v) is 3.91. The average molecular weight is 394 g/mol. The van der Waals surface area contributed by atoms with Gasteiger partial charge in [0.2, 0.25) is 10.0 Å². The number of aliphatic hydroxyl groups excluding tert-OH is 1. The lowest BCUT2D eigenvalue weighted by Crippen LogP contribution is -2.30. The molecule has 0 saturated heterocycles. The second-order valence-electron chi connectivity index (χ2n) is 6.18. The molecule has 0 aliphatic rings. The van der Waals surface area contributed by atoms with Gasteiger partial charge in [0.25, 0.3) is 0 Å². The summed E-state index contributed by atoms with van der Waals surface area (Å²) in [6.07, 6.45) is 0.214. The lowest BCUT2D eigenvalue weighted by molar-refractivity contribution is 0.0309. The second kappa shape index (κ2) is 9.85. The summed E-state index contributed by atoms with van der Waals surface area (Å²) in [6, 6.07) is 12.8. The summed E-state index contributed by atoms with van der Waals surface area (Å²) in [5.41, 5.74) is 2.84. The monoisotopic (exact) mass is 393 g/mol. The molecule has 1 unspecified atom stereocenters. The molecule has 0 aromatic heterocycles. The zero-order valence-electron chi connectivity index (χ0n) is 15.9. The van der Waals surface area contributed by atoms with Crippen LogP contribution in [-0.4, -0.2) is 40.4 Å². The quantitative estimate of drug-likeness (QED) is 0.648. The third kappa shape index (κ3) is 5.77. The van der Waals surface area contributed by atoms with Crippen LogP contribution in [0.25, 0.3) is 0 Å². The van der Waals surface area contributed by atoms with Crippen molar-refractivity contribution in [3.05, 3.63) is 59.2 Å². The van der Waals surface area contributed by atoms with Gasteiger partial charge in [0.15, 0.2) is 0 Å². The minimum Gasteiger partial charge on any atom is -0.495 e. The second-order valence-corrected chi connectivity index (χ2v) is 7.92. The first-order chi connectivity index (χ1) is 12.9. The van der Waals surface area contributed by atoms with Crippen molar-refractivity contribution in [3.63, 3.8) is 0 Å². The highest BCUT2D eigenvalue weighted by Gasteiger charge is 2.22. The Kier molecular flexibility index (Phi) is 7.79. The first-order valence-electron chi connectivity index (χ1n) is 8.87. The number of benzene rings is 2. The van der Waals surface area contributed by atoms with Crippen LogP contribution < -0.4 is 9.46 Å². The van der Waals surface area contributed by atoms with Crippen molar-refractivity contribution in [1.29, 1.82) is 0 Å². The molecular formula is C20H27NO5S. The van der Waals surface area contributed by atoms with Crippen LogP contribution in [0, 0.1) is 6.92 Å². The molecule has 7 heteroatoms. The van der Waals surface area contributed by atoms with E-state index in [0.29, 0.717) is 5.75 Å². The third-order valence-corrected chi connectivity index (χ3v) is 5.69. The molecular weight excluding hydrogens is 366 g/mol. The number of aryl methyl sites for hydroxylation is 2. The van der Waals surface area contributed by atoms with Gasteiger partial charge in [0.05, 0.1) is 26.4 Å². The van der Waals surface area contributed by atoms with E-state index < -0.39 is 16.1 Å². The minimum absolute atomic E-state index is 0.0465. The SMILES string of the molecule is CCc1ccc(OC)c(S(=O)(=O)NCC(OCCO)c2ccc(C)cc2)c1. The maximum absolute atomic E-state index is 12.8. The Morgan fingerprint density at radius 2 is 1.85 bits per heavy atom. The largest absolute Gasteiger partial charge is 0.495 e. The van der Waals surface area contributed by atoms with Gasteiger partial charge in [0.1, 0.15) is 10.6 Å². The Morgan fingerprint density at radius 3 is 2.44 bits per heavy atom. The normalized spacial score (nSPS) is 12.7. The highest BCUT2D eigenvalue weighted by Crippen LogP contribution is 2.26. The first-order valence-corrected chi connectivity index (χ1v) is 10.3. The number of methoxy groups -OCH3 is 1. The smallest absolute Gasteiger partial charge is 0.244 e. The van der Waals surface area contributed by atoms with E-state index in [0.717, 1.165) is 23.1 Å². The zero-order valence-corrected chi connectivity index (χ0v) is 16.8. The molecule has 2 aromatic carbocycles. The van der Waals surface area contributed by atoms with Crippen LogP contribution in [0.4, 0.5) is 0 Å². The molecule has 2 rings (SSSR count). The molecule has 2 aromatic rings. The van der Waals surface area contributed by atoms with E-state index in [4.69, 9.17) is 14.6 Å². The summed E-state index contributed by atoms with van der Waals surface area (Å²) in [4.78, 5) is 0.106. The van der Waals surface area contributed by atoms with E-state index >= 15 is 0 Å². The van der Waals surface area contributed by atoms with E-state index in [9.17, 15) is 8.42 Å². The van der Waals surface area contributed by atoms with Gasteiger partial charge in [-0.1, -0.05) is 42.8 Å². The minimum atomic E-state index is -3.79. The molecule has 0 radical (unpaired) electrons. The number of ether oxygens (including phenoxy) is 2. The Balaban J connectivity index is 2.23. The molecule has 0 heterocycles. The van der Waals surface area contributed by atoms with Gasteiger partial charge >= 0.3 is 0 Å². The standard InChI is InChI=1S/C20H27NO5S/c1-4-16-7-10-18(25-3)20(13-16)27(23,24)21-14-19(26-12-11-22)17-8-5-15(2)6-9-17/h5-10,13,19,21-22H,4,11-12,14H2,1-3H3. The molecule has 0 spiro atoms. The van der Waals surface area contributed by atoms with Gasteiger partial charge < -0.3 is 14.6 Å². The molecule has 0 saturated carbocycles. The van der Waals surface area contributed by atoms with Crippen molar-refractivity contribution in [2.75, 3.05) is 26.9 Å². The van der Waals surface area contributed by atoms with Crippen LogP contribution in [0.5, 0.6) is 5.75 Å². The van der Waals surface area contributed by atoms with E-state index in [1.54, 1.807) is 12.1 Å². The van der Waals surface area contributed by atoms with E-state index in [1.807, 2.05) is 44.2 Å². The van der Waals surface area contributed by atoms with Crippen molar-refractivity contribution >= 4 is 10.0 Å². The van der Waals surface area contributed by atoms with Crippen LogP contribution in [0.1, 0.15) is 29.7 Å². The summed E-state index contributed by atoms with van der Waals surface area (Å²) < 4.78 is 39.2. The first kappa shape index (κ1) is 21.4. The molecule has 0 aliphatic carbocycles. The molecule has 0 bridgehead atoms. The van der Waals surface area contributed by atoms with E-state index in [2.05, 4.69) is 4.72 Å².